The van der Waals surface area contributed by atoms with Crippen molar-refractivity contribution in [2.45, 2.75) is 0 Å². The molecule has 170 valence electrons. The van der Waals surface area contributed by atoms with Gasteiger partial charge < -0.3 is 19.7 Å². The number of ether oxygens (including phenoxy) is 2. The largest absolute Gasteiger partial charge is 0.465 e. The average molecular weight is 484 g/mol. The molecule has 0 bridgehead atoms. The van der Waals surface area contributed by atoms with E-state index in [-0.39, 0.29) is 11.0 Å². The molecule has 1 amide bonds. The Hall–Kier alpha value is -3.20. The second-order valence-electron chi connectivity index (χ2n) is 7.37. The molecule has 2 N–H and O–H groups in total. The van der Waals surface area contributed by atoms with Crippen molar-refractivity contribution in [1.82, 2.24) is 5.32 Å². The number of carbonyl (C=O) groups is 2. The van der Waals surface area contributed by atoms with Crippen LogP contribution in [0.4, 0.5) is 11.4 Å². The van der Waals surface area contributed by atoms with Crippen LogP contribution in [-0.2, 0) is 9.47 Å². The zero-order chi connectivity index (χ0) is 23.4. The first-order valence-electron chi connectivity index (χ1n) is 10.3. The van der Waals surface area contributed by atoms with Crippen LogP contribution in [0.5, 0.6) is 0 Å². The second kappa shape index (κ2) is 10.2. The molecule has 0 atom stereocenters. The molecular formula is C24H22ClN3O4S. The van der Waals surface area contributed by atoms with Crippen LogP contribution in [-0.4, -0.2) is 50.4 Å². The van der Waals surface area contributed by atoms with Gasteiger partial charge in [0.05, 0.1) is 37.3 Å². The monoisotopic (exact) mass is 483 g/mol. The van der Waals surface area contributed by atoms with Crippen molar-refractivity contribution in [2.75, 3.05) is 43.6 Å². The van der Waals surface area contributed by atoms with Crippen LogP contribution in [0.15, 0.2) is 54.6 Å². The van der Waals surface area contributed by atoms with Crippen LogP contribution in [0.3, 0.4) is 0 Å². The van der Waals surface area contributed by atoms with E-state index < -0.39 is 5.97 Å². The fourth-order valence-corrected chi connectivity index (χ4v) is 4.19. The molecule has 1 aliphatic heterocycles. The predicted molar refractivity (Wildman–Crippen MR) is 133 cm³/mol. The maximum Gasteiger partial charge on any atom is 0.337 e. The number of amides is 1. The van der Waals surface area contributed by atoms with Gasteiger partial charge in [-0.3, -0.25) is 10.1 Å². The molecule has 1 heterocycles. The van der Waals surface area contributed by atoms with Crippen LogP contribution in [0.1, 0.15) is 20.7 Å². The van der Waals surface area contributed by atoms with E-state index in [1.807, 2.05) is 18.2 Å². The number of rotatable bonds is 4. The van der Waals surface area contributed by atoms with E-state index in [0.717, 1.165) is 16.5 Å². The normalized spacial score (nSPS) is 13.5. The van der Waals surface area contributed by atoms with Gasteiger partial charge in [0.2, 0.25) is 0 Å². The highest BCUT2D eigenvalue weighted by molar-refractivity contribution is 7.80. The van der Waals surface area contributed by atoms with Crippen molar-refractivity contribution in [3.05, 3.63) is 70.7 Å². The molecule has 1 fully saturated rings. The van der Waals surface area contributed by atoms with Gasteiger partial charge in [-0.15, -0.1) is 0 Å². The van der Waals surface area contributed by atoms with Gasteiger partial charge in [0, 0.05) is 29.1 Å². The number of hydrogen-bond donors (Lipinski definition) is 2. The minimum absolute atomic E-state index is 0.107. The number of halogens is 1. The topological polar surface area (TPSA) is 79.9 Å². The number of nitrogens with zero attached hydrogens (tertiary/aromatic N) is 1. The van der Waals surface area contributed by atoms with Gasteiger partial charge in [-0.25, -0.2) is 4.79 Å². The van der Waals surface area contributed by atoms with Crippen LogP contribution in [0.25, 0.3) is 10.8 Å². The van der Waals surface area contributed by atoms with E-state index in [2.05, 4.69) is 15.5 Å². The Morgan fingerprint density at radius 1 is 1.06 bits per heavy atom. The van der Waals surface area contributed by atoms with Gasteiger partial charge in [-0.2, -0.15) is 0 Å². The average Bonchev–Trinajstić information content (AvgIpc) is 2.84. The summed E-state index contributed by atoms with van der Waals surface area (Å²) in [5.41, 5.74) is 2.26. The molecule has 0 radical (unpaired) electrons. The zero-order valence-electron chi connectivity index (χ0n) is 17.9. The Labute approximate surface area is 201 Å². The fraction of sp³-hybridized carbons (Fsp3) is 0.208. The van der Waals surface area contributed by atoms with Gasteiger partial charge in [-0.1, -0.05) is 35.9 Å². The fourth-order valence-electron chi connectivity index (χ4n) is 3.75. The number of benzene rings is 3. The van der Waals surface area contributed by atoms with Crippen molar-refractivity contribution < 1.29 is 19.1 Å². The van der Waals surface area contributed by atoms with Crippen LogP contribution >= 0.6 is 23.8 Å². The number of morpholine rings is 1. The first-order chi connectivity index (χ1) is 16.0. The van der Waals surface area contributed by atoms with Crippen molar-refractivity contribution in [3.8, 4) is 0 Å². The summed E-state index contributed by atoms with van der Waals surface area (Å²) in [6, 6.07) is 15.9. The van der Waals surface area contributed by atoms with Gasteiger partial charge in [0.1, 0.15) is 0 Å². The number of nitrogens with one attached hydrogen (secondary N) is 2. The Balaban J connectivity index is 1.58. The zero-order valence-corrected chi connectivity index (χ0v) is 19.5. The third-order valence-corrected chi connectivity index (χ3v) is 5.89. The third-order valence-electron chi connectivity index (χ3n) is 5.36. The maximum atomic E-state index is 13.0. The molecule has 1 aliphatic rings. The summed E-state index contributed by atoms with van der Waals surface area (Å²) >= 11 is 11.7. The molecule has 9 heteroatoms. The molecule has 0 aliphatic carbocycles. The Morgan fingerprint density at radius 3 is 2.55 bits per heavy atom. The van der Waals surface area contributed by atoms with E-state index in [1.165, 1.54) is 7.11 Å². The van der Waals surface area contributed by atoms with Gasteiger partial charge in [0.25, 0.3) is 5.91 Å². The maximum absolute atomic E-state index is 13.0. The van der Waals surface area contributed by atoms with Crippen LogP contribution in [0.2, 0.25) is 5.02 Å². The predicted octanol–water partition coefficient (Wildman–Crippen LogP) is 4.24. The lowest BCUT2D eigenvalue weighted by Gasteiger charge is -2.31. The Bertz CT molecular complexity index is 1230. The smallest absolute Gasteiger partial charge is 0.337 e. The summed E-state index contributed by atoms with van der Waals surface area (Å²) in [4.78, 5) is 27.2. The second-order valence-corrected chi connectivity index (χ2v) is 8.19. The van der Waals surface area contributed by atoms with Crippen molar-refractivity contribution in [1.29, 1.82) is 0 Å². The first-order valence-corrected chi connectivity index (χ1v) is 11.1. The number of hydrogen-bond acceptors (Lipinski definition) is 6. The molecule has 33 heavy (non-hydrogen) atoms. The molecule has 0 spiro atoms. The number of thiocarbonyl (C=S) groups is 1. The number of anilines is 2. The molecule has 3 aromatic carbocycles. The Morgan fingerprint density at radius 2 is 1.79 bits per heavy atom. The third kappa shape index (κ3) is 5.08. The summed E-state index contributed by atoms with van der Waals surface area (Å²) in [6.45, 7) is 2.59. The summed E-state index contributed by atoms with van der Waals surface area (Å²) in [6.07, 6.45) is 0. The van der Waals surface area contributed by atoms with Gasteiger partial charge in [0.15, 0.2) is 5.11 Å². The highest BCUT2D eigenvalue weighted by Crippen LogP contribution is 2.29. The summed E-state index contributed by atoms with van der Waals surface area (Å²) in [5.74, 6) is -0.827. The minimum atomic E-state index is -0.464. The Kier molecular flexibility index (Phi) is 7.08. The summed E-state index contributed by atoms with van der Waals surface area (Å²) < 4.78 is 10.3. The number of fused-ring (bicyclic) bond motifs is 1. The lowest BCUT2D eigenvalue weighted by molar-refractivity contribution is 0.0600. The van der Waals surface area contributed by atoms with E-state index >= 15 is 0 Å². The van der Waals surface area contributed by atoms with Crippen molar-refractivity contribution in [2.24, 2.45) is 0 Å². The molecule has 0 aromatic heterocycles. The van der Waals surface area contributed by atoms with E-state index in [1.54, 1.807) is 36.4 Å². The van der Waals surface area contributed by atoms with Crippen LogP contribution < -0.4 is 15.5 Å². The summed E-state index contributed by atoms with van der Waals surface area (Å²) in [7, 11) is 1.33. The highest BCUT2D eigenvalue weighted by atomic mass is 35.5. The lowest BCUT2D eigenvalue weighted by atomic mass is 10.0. The van der Waals surface area contributed by atoms with Gasteiger partial charge in [-0.05, 0) is 47.9 Å². The molecule has 1 saturated heterocycles. The first kappa shape index (κ1) is 23.0. The molecule has 0 saturated carbocycles. The summed E-state index contributed by atoms with van der Waals surface area (Å²) in [5, 5.41) is 7.98. The highest BCUT2D eigenvalue weighted by Gasteiger charge is 2.19. The van der Waals surface area contributed by atoms with Crippen molar-refractivity contribution >= 4 is 63.0 Å². The van der Waals surface area contributed by atoms with E-state index in [9.17, 15) is 9.59 Å². The molecule has 7 nitrogen and oxygen atoms in total. The van der Waals surface area contributed by atoms with E-state index in [4.69, 9.17) is 33.3 Å². The molecule has 4 rings (SSSR count). The standard InChI is InChI=1S/C24H22ClN3O4S/c1-31-23(30)15-8-9-21(28-10-12-32-13-11-28)20(14-15)26-24(33)27-22(29)18-6-2-5-17-16(18)4-3-7-19(17)25/h2-9,14H,10-13H2,1H3,(H2,26,27,29,33). The van der Waals surface area contributed by atoms with Gasteiger partial charge >= 0.3 is 5.97 Å². The minimum Gasteiger partial charge on any atom is -0.465 e. The molecular weight excluding hydrogens is 462 g/mol. The number of carbonyl (C=O) groups excluding carboxylic acids is 2. The van der Waals surface area contributed by atoms with Crippen LogP contribution in [0, 0.1) is 0 Å². The number of esters is 1. The number of methoxy groups -OCH3 is 1. The molecule has 0 unspecified atom stereocenters. The van der Waals surface area contributed by atoms with E-state index in [0.29, 0.717) is 48.1 Å². The van der Waals surface area contributed by atoms with Crippen molar-refractivity contribution in [3.63, 3.8) is 0 Å². The lowest BCUT2D eigenvalue weighted by Crippen LogP contribution is -2.38. The molecule has 3 aromatic rings. The SMILES string of the molecule is COC(=O)c1ccc(N2CCOCC2)c(NC(=S)NC(=O)c2cccc3c(Cl)cccc23)c1. The quantitative estimate of drug-likeness (QED) is 0.424.